The second-order valence-electron chi connectivity index (χ2n) is 0.513. The molecule has 0 aromatic heterocycles. The third kappa shape index (κ3) is 55.6. The predicted octanol–water partition coefficient (Wildman–Crippen LogP) is -2.82. The van der Waals surface area contributed by atoms with Crippen molar-refractivity contribution < 1.29 is 37.7 Å². The Hall–Kier alpha value is 2.59. The van der Waals surface area contributed by atoms with Crippen LogP contribution in [-0.2, 0) is 25.5 Å². The van der Waals surface area contributed by atoms with E-state index < -0.39 is 14.5 Å². The normalized spacial score (nSPS) is 8.43. The molecule has 0 unspecified atom stereocenters. The Labute approximate surface area is 101 Å². The summed E-state index contributed by atoms with van der Waals surface area (Å²) in [6.07, 6.45) is 0. The van der Waals surface area contributed by atoms with E-state index in [1.807, 2.05) is 0 Å². The van der Waals surface area contributed by atoms with Crippen LogP contribution in [0.1, 0.15) is 0 Å². The minimum atomic E-state index is -5.12. The van der Waals surface area contributed by atoms with Gasteiger partial charge in [-0.05, 0) is 0 Å². The summed E-state index contributed by atoms with van der Waals surface area (Å²) in [7, 11) is 0. The van der Waals surface area contributed by atoms with Crippen LogP contribution in [0.15, 0.2) is 0 Å². The second kappa shape index (κ2) is 6.71. The van der Waals surface area contributed by atoms with Gasteiger partial charge in [0.2, 0.25) is 0 Å². The molecule has 4 nitrogen and oxygen atoms in total. The first-order chi connectivity index (χ1) is 2.00. The third-order valence-corrected chi connectivity index (χ3v) is 0. The quantitative estimate of drug-likeness (QED) is 0.392. The summed E-state index contributed by atoms with van der Waals surface area (Å²) in [5, 5.41) is 0. The van der Waals surface area contributed by atoms with Crippen molar-refractivity contribution in [3.05, 3.63) is 0 Å². The third-order valence-electron chi connectivity index (χ3n) is 0. The minimum Gasteiger partial charge on any atom is 0 e. The van der Waals surface area contributed by atoms with Crippen molar-refractivity contribution in [3.8, 4) is 0 Å². The molecule has 0 aromatic carbocycles. The van der Waals surface area contributed by atoms with Crippen LogP contribution in [0.25, 0.3) is 0 Å². The zero-order valence-electron chi connectivity index (χ0n) is 2.70. The van der Waals surface area contributed by atoms with E-state index in [-0.39, 0.29) is 73.1 Å². The van der Waals surface area contributed by atoms with E-state index in [9.17, 15) is 0 Å². The van der Waals surface area contributed by atoms with Crippen molar-refractivity contribution in [2.24, 2.45) is 0 Å². The predicted molar refractivity (Wildman–Crippen MR) is 20.2 cm³/mol. The van der Waals surface area contributed by atoms with Crippen LogP contribution in [0, 0.1) is 0 Å². The van der Waals surface area contributed by atoms with E-state index in [2.05, 4.69) is 0 Å². The summed E-state index contributed by atoms with van der Waals surface area (Å²) < 4.78 is 30.7. The Morgan fingerprint density at radius 1 is 1.14 bits per heavy atom. The fourth-order valence-corrected chi connectivity index (χ4v) is 0. The molecule has 0 heterocycles. The van der Waals surface area contributed by atoms with Gasteiger partial charge in [-0.15, -0.1) is 0 Å². The molecule has 0 fully saturated rings. The average Bonchev–Trinajstić information content (AvgIpc) is 0.722. The average molecular weight is 230 g/mol. The van der Waals surface area contributed by atoms with Gasteiger partial charge in [0.25, 0.3) is 0 Å². The Balaban J connectivity index is -0.0000000800. The smallest absolute Gasteiger partial charge is 0 e. The molecule has 0 radical (unpaired) electrons. The Morgan fingerprint density at radius 3 is 1.14 bits per heavy atom. The standard InChI is InChI=1S/AsH3O4.K.Ti.H/c2-1(3,4)5;;;/h(H3,2,3,4,5);;;. The van der Waals surface area contributed by atoms with Gasteiger partial charge in [-0.3, -0.25) is 0 Å². The zero-order valence-corrected chi connectivity index (χ0v) is 6.14. The molecule has 0 saturated heterocycles. The fourth-order valence-electron chi connectivity index (χ4n) is 0. The maximum absolute atomic E-state index is 8.94. The second-order valence-corrected chi connectivity index (χ2v) is 2.67. The van der Waals surface area contributed by atoms with Crippen molar-refractivity contribution in [1.29, 1.82) is 0 Å². The van der Waals surface area contributed by atoms with Gasteiger partial charge in [0, 0.05) is 21.7 Å². The molecule has 0 bridgehead atoms. The number of hydrogen-bond donors (Lipinski definition) is 3. The maximum atomic E-state index is 8.94. The van der Waals surface area contributed by atoms with Crippen molar-refractivity contribution >= 4 is 65.9 Å². The van der Waals surface area contributed by atoms with E-state index in [4.69, 9.17) is 16.0 Å². The molecule has 7 heavy (non-hydrogen) atoms. The van der Waals surface area contributed by atoms with E-state index in [1.165, 1.54) is 0 Å². The van der Waals surface area contributed by atoms with Gasteiger partial charge in [0.05, 0.1) is 0 Å². The summed E-state index contributed by atoms with van der Waals surface area (Å²) in [5.41, 5.74) is 0. The van der Waals surface area contributed by atoms with Gasteiger partial charge in [-0.25, -0.2) is 0 Å². The fraction of sp³-hybridized carbons (Fsp3) is 0. The van der Waals surface area contributed by atoms with Crippen LogP contribution in [0.2, 0.25) is 0 Å². The summed E-state index contributed by atoms with van der Waals surface area (Å²) in [5.74, 6) is 0. The van der Waals surface area contributed by atoms with Gasteiger partial charge in [-0.2, -0.15) is 0 Å². The molecule has 0 atom stereocenters. The molecule has 7 heteroatoms. The monoisotopic (exact) mass is 230 g/mol. The zero-order chi connectivity index (χ0) is 4.50. The number of hydrogen-bond acceptors (Lipinski definition) is 1. The first kappa shape index (κ1) is 16.3. The minimum absolute atomic E-state index is 0. The van der Waals surface area contributed by atoms with Crippen molar-refractivity contribution in [2.45, 2.75) is 0 Å². The van der Waals surface area contributed by atoms with Gasteiger partial charge in [0.1, 0.15) is 0 Å². The molecular formula is H4AsKO4Ti. The molecule has 0 spiro atoms. The summed E-state index contributed by atoms with van der Waals surface area (Å²) in [6, 6.07) is 0. The van der Waals surface area contributed by atoms with Crippen LogP contribution >= 0.6 is 0 Å². The topological polar surface area (TPSA) is 77.8 Å². The Morgan fingerprint density at radius 2 is 1.14 bits per heavy atom. The molecule has 3 N–H and O–H groups in total. The summed E-state index contributed by atoms with van der Waals surface area (Å²) >= 11 is -5.12. The Bertz CT molecular complexity index is 57.8. The first-order valence-corrected chi connectivity index (χ1v) is 4.07. The van der Waals surface area contributed by atoms with E-state index in [1.54, 1.807) is 0 Å². The van der Waals surface area contributed by atoms with Gasteiger partial charge >= 0.3 is 81.9 Å². The van der Waals surface area contributed by atoms with Crippen LogP contribution < -0.4 is 0 Å². The largest absolute Gasteiger partial charge is 0 e. The maximum Gasteiger partial charge on any atom is 0 e. The van der Waals surface area contributed by atoms with Crippen LogP contribution in [-0.4, -0.2) is 78.2 Å². The molecule has 0 aromatic rings. The van der Waals surface area contributed by atoms with E-state index in [0.717, 1.165) is 0 Å². The van der Waals surface area contributed by atoms with E-state index in [0.29, 0.717) is 0 Å². The summed E-state index contributed by atoms with van der Waals surface area (Å²) in [4.78, 5) is 0. The molecule has 38 valence electrons. The first-order valence-electron chi connectivity index (χ1n) is 0.783. The molecule has 0 aliphatic carbocycles. The Kier molecular flexibility index (Phi) is 15.6. The van der Waals surface area contributed by atoms with Crippen molar-refractivity contribution in [2.75, 3.05) is 0 Å². The van der Waals surface area contributed by atoms with Gasteiger partial charge in [0.15, 0.2) is 0 Å². The van der Waals surface area contributed by atoms with E-state index >= 15 is 0 Å². The molecule has 0 rings (SSSR count). The van der Waals surface area contributed by atoms with Crippen LogP contribution in [0.4, 0.5) is 0 Å². The molecule has 0 aliphatic rings. The van der Waals surface area contributed by atoms with Crippen molar-refractivity contribution in [3.63, 3.8) is 0 Å². The van der Waals surface area contributed by atoms with Gasteiger partial charge < -0.3 is 0 Å². The number of rotatable bonds is 0. The molecule has 0 aliphatic heterocycles. The molecule has 0 saturated carbocycles. The molecule has 0 amide bonds. The molecular weight excluding hydrogens is 226 g/mol. The van der Waals surface area contributed by atoms with Crippen LogP contribution in [0.3, 0.4) is 0 Å². The summed E-state index contributed by atoms with van der Waals surface area (Å²) in [6.45, 7) is 0. The SMILES string of the molecule is O=[As](O)(O)O.[KH].[Ti]. The van der Waals surface area contributed by atoms with Crippen LogP contribution in [0.5, 0.6) is 0 Å². The van der Waals surface area contributed by atoms with Gasteiger partial charge in [-0.1, -0.05) is 0 Å². The van der Waals surface area contributed by atoms with Crippen molar-refractivity contribution in [1.82, 2.24) is 0 Å².